The Bertz CT molecular complexity index is 1100. The molecule has 4 rings (SSSR count). The summed E-state index contributed by atoms with van der Waals surface area (Å²) in [6.07, 6.45) is 3.99. The number of likely N-dealkylation sites (N-methyl/N-ethyl adjacent to an activating group) is 1. The molecule has 0 radical (unpaired) electrons. The Hall–Kier alpha value is -3.51. The minimum absolute atomic E-state index is 0.00219. The molecular weight excluding hydrogens is 414 g/mol. The third-order valence-electron chi connectivity index (χ3n) is 6.16. The molecule has 1 aromatic heterocycles. The number of ether oxygens (including phenoxy) is 1. The molecule has 0 aliphatic carbocycles. The number of carbonyl (C=O) groups is 2. The zero-order valence-corrected chi connectivity index (χ0v) is 19.1. The second-order valence-electron chi connectivity index (χ2n) is 8.16. The average molecular weight is 444 g/mol. The molecule has 0 bridgehead atoms. The van der Waals surface area contributed by atoms with Crippen molar-refractivity contribution in [2.45, 2.75) is 26.0 Å². The number of piperazine rings is 1. The Morgan fingerprint density at radius 3 is 2.45 bits per heavy atom. The smallest absolute Gasteiger partial charge is 0.254 e. The summed E-state index contributed by atoms with van der Waals surface area (Å²) in [7, 11) is 1.65. The maximum absolute atomic E-state index is 13.5. The van der Waals surface area contributed by atoms with Gasteiger partial charge in [-0.15, -0.1) is 0 Å². The molecule has 1 aliphatic heterocycles. The number of hydrogen-bond donors (Lipinski definition) is 0. The molecule has 1 fully saturated rings. The summed E-state index contributed by atoms with van der Waals surface area (Å²) < 4.78 is 5.16. The Morgan fingerprint density at radius 2 is 1.76 bits per heavy atom. The molecule has 2 heterocycles. The molecule has 6 nitrogen and oxygen atoms in total. The number of pyridine rings is 1. The van der Waals surface area contributed by atoms with E-state index in [1.165, 1.54) is 0 Å². The molecule has 1 unspecified atom stereocenters. The highest BCUT2D eigenvalue weighted by Crippen LogP contribution is 2.27. The second kappa shape index (κ2) is 10.4. The molecule has 170 valence electrons. The molecule has 0 N–H and O–H groups in total. The first-order valence-electron chi connectivity index (χ1n) is 11.3. The van der Waals surface area contributed by atoms with Gasteiger partial charge in [-0.3, -0.25) is 14.6 Å². The minimum Gasteiger partial charge on any atom is -0.380 e. The van der Waals surface area contributed by atoms with E-state index in [4.69, 9.17) is 4.74 Å². The van der Waals surface area contributed by atoms with Crippen LogP contribution in [0.5, 0.6) is 0 Å². The van der Waals surface area contributed by atoms with E-state index in [2.05, 4.69) is 11.1 Å². The van der Waals surface area contributed by atoms with Crippen LogP contribution in [0.1, 0.15) is 28.4 Å². The SMILES string of the molecule is CCN1CCN(C(=O)c2ccc(COC)cc2)C(Cc2ccccc2-c2ccncc2)C1=O. The second-order valence-corrected chi connectivity index (χ2v) is 8.16. The van der Waals surface area contributed by atoms with Gasteiger partial charge in [0.25, 0.3) is 5.91 Å². The molecule has 1 aliphatic rings. The summed E-state index contributed by atoms with van der Waals surface area (Å²) >= 11 is 0. The third-order valence-corrected chi connectivity index (χ3v) is 6.16. The van der Waals surface area contributed by atoms with Gasteiger partial charge >= 0.3 is 0 Å². The zero-order valence-electron chi connectivity index (χ0n) is 19.1. The van der Waals surface area contributed by atoms with E-state index < -0.39 is 6.04 Å². The number of amides is 2. The largest absolute Gasteiger partial charge is 0.380 e. The first kappa shape index (κ1) is 22.7. The Balaban J connectivity index is 1.65. The van der Waals surface area contributed by atoms with Crippen LogP contribution in [0.4, 0.5) is 0 Å². The highest BCUT2D eigenvalue weighted by atomic mass is 16.5. The molecule has 1 atom stereocenters. The molecule has 0 spiro atoms. The van der Waals surface area contributed by atoms with Crippen LogP contribution in [-0.2, 0) is 22.6 Å². The van der Waals surface area contributed by atoms with Gasteiger partial charge in [0.05, 0.1) is 6.61 Å². The molecule has 6 heteroatoms. The van der Waals surface area contributed by atoms with E-state index in [0.717, 1.165) is 22.3 Å². The van der Waals surface area contributed by atoms with Crippen LogP contribution in [0.15, 0.2) is 73.1 Å². The van der Waals surface area contributed by atoms with Crippen molar-refractivity contribution < 1.29 is 14.3 Å². The van der Waals surface area contributed by atoms with E-state index in [9.17, 15) is 9.59 Å². The van der Waals surface area contributed by atoms with Gasteiger partial charge in [-0.25, -0.2) is 0 Å². The van der Waals surface area contributed by atoms with E-state index in [0.29, 0.717) is 38.2 Å². The maximum Gasteiger partial charge on any atom is 0.254 e. The van der Waals surface area contributed by atoms with Gasteiger partial charge in [-0.1, -0.05) is 36.4 Å². The third kappa shape index (κ3) is 4.96. The fraction of sp³-hybridized carbons (Fsp3) is 0.296. The summed E-state index contributed by atoms with van der Waals surface area (Å²) in [5.41, 5.74) is 4.72. The molecule has 33 heavy (non-hydrogen) atoms. The van der Waals surface area contributed by atoms with Gasteiger partial charge in [0.1, 0.15) is 6.04 Å². The quantitative estimate of drug-likeness (QED) is 0.557. The van der Waals surface area contributed by atoms with Crippen molar-refractivity contribution in [3.63, 3.8) is 0 Å². The monoisotopic (exact) mass is 443 g/mol. The first-order chi connectivity index (χ1) is 16.1. The average Bonchev–Trinajstić information content (AvgIpc) is 2.86. The zero-order chi connectivity index (χ0) is 23.2. The topological polar surface area (TPSA) is 62.7 Å². The van der Waals surface area contributed by atoms with Gasteiger partial charge < -0.3 is 14.5 Å². The molecule has 1 saturated heterocycles. The van der Waals surface area contributed by atoms with Gasteiger partial charge in [0, 0.05) is 51.1 Å². The maximum atomic E-state index is 13.5. The van der Waals surface area contributed by atoms with Crippen molar-refractivity contribution in [1.29, 1.82) is 0 Å². The van der Waals surface area contributed by atoms with E-state index in [1.807, 2.05) is 66.4 Å². The fourth-order valence-corrected chi connectivity index (χ4v) is 4.39. The Labute approximate surface area is 194 Å². The van der Waals surface area contributed by atoms with Crippen molar-refractivity contribution in [2.24, 2.45) is 0 Å². The van der Waals surface area contributed by atoms with Crippen LogP contribution in [-0.4, -0.2) is 59.4 Å². The number of aromatic nitrogens is 1. The van der Waals surface area contributed by atoms with Crippen LogP contribution in [0.2, 0.25) is 0 Å². The highest BCUT2D eigenvalue weighted by molar-refractivity contribution is 5.98. The summed E-state index contributed by atoms with van der Waals surface area (Å²) in [5, 5.41) is 0. The van der Waals surface area contributed by atoms with Crippen molar-refractivity contribution in [3.05, 3.63) is 89.7 Å². The molecule has 2 aromatic carbocycles. The van der Waals surface area contributed by atoms with E-state index in [1.54, 1.807) is 24.4 Å². The van der Waals surface area contributed by atoms with Crippen LogP contribution >= 0.6 is 0 Å². The first-order valence-corrected chi connectivity index (χ1v) is 11.3. The minimum atomic E-state index is -0.548. The highest BCUT2D eigenvalue weighted by Gasteiger charge is 2.37. The van der Waals surface area contributed by atoms with Crippen LogP contribution in [0.3, 0.4) is 0 Å². The van der Waals surface area contributed by atoms with Crippen molar-refractivity contribution in [2.75, 3.05) is 26.7 Å². The number of nitrogens with zero attached hydrogens (tertiary/aromatic N) is 3. The summed E-state index contributed by atoms with van der Waals surface area (Å²) in [4.78, 5) is 34.6. The van der Waals surface area contributed by atoms with Crippen molar-refractivity contribution >= 4 is 11.8 Å². The van der Waals surface area contributed by atoms with Crippen LogP contribution in [0, 0.1) is 0 Å². The van der Waals surface area contributed by atoms with Gasteiger partial charge in [-0.05, 0) is 53.4 Å². The van der Waals surface area contributed by atoms with Gasteiger partial charge in [0.2, 0.25) is 5.91 Å². The Morgan fingerprint density at radius 1 is 1.03 bits per heavy atom. The number of benzene rings is 2. The van der Waals surface area contributed by atoms with E-state index in [-0.39, 0.29) is 11.8 Å². The summed E-state index contributed by atoms with van der Waals surface area (Å²) in [5.74, 6) is -0.118. The van der Waals surface area contributed by atoms with Crippen LogP contribution < -0.4 is 0 Å². The summed E-state index contributed by atoms with van der Waals surface area (Å²) in [6.45, 7) is 4.17. The standard InChI is InChI=1S/C27H29N3O3/c1-3-29-16-17-30(26(31)22-10-8-20(9-11-22)19-33-2)25(27(29)32)18-23-6-4-5-7-24(23)21-12-14-28-15-13-21/h4-15,25H,3,16-19H2,1-2H3. The van der Waals surface area contributed by atoms with Crippen LogP contribution in [0.25, 0.3) is 11.1 Å². The predicted molar refractivity (Wildman–Crippen MR) is 128 cm³/mol. The van der Waals surface area contributed by atoms with E-state index >= 15 is 0 Å². The number of methoxy groups -OCH3 is 1. The normalized spacial score (nSPS) is 16.2. The molecular formula is C27H29N3O3. The van der Waals surface area contributed by atoms with Crippen molar-refractivity contribution in [3.8, 4) is 11.1 Å². The molecule has 0 saturated carbocycles. The lowest BCUT2D eigenvalue weighted by Gasteiger charge is -2.40. The lowest BCUT2D eigenvalue weighted by atomic mass is 9.93. The van der Waals surface area contributed by atoms with Crippen molar-refractivity contribution in [1.82, 2.24) is 14.8 Å². The summed E-state index contributed by atoms with van der Waals surface area (Å²) in [6, 6.07) is 18.9. The number of rotatable bonds is 7. The predicted octanol–water partition coefficient (Wildman–Crippen LogP) is 3.81. The number of hydrogen-bond acceptors (Lipinski definition) is 4. The van der Waals surface area contributed by atoms with Gasteiger partial charge in [0.15, 0.2) is 0 Å². The number of carbonyl (C=O) groups excluding carboxylic acids is 2. The van der Waals surface area contributed by atoms with Gasteiger partial charge in [-0.2, -0.15) is 0 Å². The fourth-order valence-electron chi connectivity index (χ4n) is 4.39. The molecule has 2 amide bonds. The lowest BCUT2D eigenvalue weighted by molar-refractivity contribution is -0.139. The molecule has 3 aromatic rings. The Kier molecular flexibility index (Phi) is 7.15. The lowest BCUT2D eigenvalue weighted by Crippen LogP contribution is -2.59.